The fourth-order valence-corrected chi connectivity index (χ4v) is 3.56. The Morgan fingerprint density at radius 3 is 2.46 bits per heavy atom. The van der Waals surface area contributed by atoms with Crippen LogP contribution in [0.25, 0.3) is 10.9 Å². The van der Waals surface area contributed by atoms with Crippen molar-refractivity contribution in [3.8, 4) is 5.75 Å². The number of nitrogens with zero attached hydrogens (tertiary/aromatic N) is 1. The minimum Gasteiger partial charge on any atom is -0.497 e. The highest BCUT2D eigenvalue weighted by Crippen LogP contribution is 2.33. The molecule has 1 aliphatic heterocycles. The SMILES string of the molecule is COc1ccc2c(c1)c(CC(C)N)c1n2CCCCC1.O=C(O)C=CC(=O)O. The van der Waals surface area contributed by atoms with Gasteiger partial charge in [-0.3, -0.25) is 0 Å². The molecule has 0 saturated heterocycles. The Hall–Kier alpha value is -2.80. The van der Waals surface area contributed by atoms with Crippen molar-refractivity contribution in [2.24, 2.45) is 5.73 Å². The number of hydrogen-bond acceptors (Lipinski definition) is 4. The monoisotopic (exact) mass is 388 g/mol. The van der Waals surface area contributed by atoms with E-state index in [1.165, 1.54) is 47.8 Å². The van der Waals surface area contributed by atoms with Crippen molar-refractivity contribution in [1.29, 1.82) is 0 Å². The van der Waals surface area contributed by atoms with Gasteiger partial charge in [-0.05, 0) is 56.4 Å². The highest BCUT2D eigenvalue weighted by atomic mass is 16.5. The van der Waals surface area contributed by atoms with Crippen LogP contribution in [-0.2, 0) is 29.0 Å². The number of rotatable bonds is 5. The van der Waals surface area contributed by atoms with E-state index < -0.39 is 11.9 Å². The molecule has 0 radical (unpaired) electrons. The number of ether oxygens (including phenoxy) is 1. The lowest BCUT2D eigenvalue weighted by Gasteiger charge is -2.09. The molecule has 3 rings (SSSR count). The van der Waals surface area contributed by atoms with E-state index in [0.29, 0.717) is 12.2 Å². The van der Waals surface area contributed by atoms with Crippen LogP contribution < -0.4 is 10.5 Å². The third-order valence-electron chi connectivity index (χ3n) is 4.68. The van der Waals surface area contributed by atoms with Gasteiger partial charge >= 0.3 is 11.9 Å². The second-order valence-corrected chi connectivity index (χ2v) is 6.96. The first-order valence-corrected chi connectivity index (χ1v) is 9.41. The van der Waals surface area contributed by atoms with Gasteiger partial charge in [0.25, 0.3) is 0 Å². The van der Waals surface area contributed by atoms with Crippen LogP contribution in [-0.4, -0.2) is 39.9 Å². The zero-order valence-electron chi connectivity index (χ0n) is 16.4. The maximum absolute atomic E-state index is 9.55. The van der Waals surface area contributed by atoms with Crippen LogP contribution in [0.4, 0.5) is 0 Å². The third-order valence-corrected chi connectivity index (χ3v) is 4.68. The van der Waals surface area contributed by atoms with E-state index in [1.54, 1.807) is 7.11 Å². The molecule has 0 aliphatic carbocycles. The molecule has 7 nitrogen and oxygen atoms in total. The van der Waals surface area contributed by atoms with Crippen molar-refractivity contribution < 1.29 is 24.5 Å². The minimum atomic E-state index is -1.26. The molecule has 1 aliphatic rings. The number of aliphatic carboxylic acids is 2. The molecule has 152 valence electrons. The topological polar surface area (TPSA) is 115 Å². The van der Waals surface area contributed by atoms with Crippen molar-refractivity contribution in [1.82, 2.24) is 4.57 Å². The van der Waals surface area contributed by atoms with Crippen LogP contribution in [0.2, 0.25) is 0 Å². The molecule has 0 fully saturated rings. The van der Waals surface area contributed by atoms with Crippen molar-refractivity contribution in [2.75, 3.05) is 7.11 Å². The molecule has 2 aromatic rings. The Morgan fingerprint density at radius 1 is 1.21 bits per heavy atom. The number of benzene rings is 1. The van der Waals surface area contributed by atoms with Gasteiger partial charge in [0.05, 0.1) is 7.11 Å². The number of carbonyl (C=O) groups is 2. The second-order valence-electron chi connectivity index (χ2n) is 6.96. The molecule has 1 aromatic heterocycles. The lowest BCUT2D eigenvalue weighted by molar-refractivity contribution is -0.134. The van der Waals surface area contributed by atoms with Crippen molar-refractivity contribution >= 4 is 22.8 Å². The Kier molecular flexibility index (Phi) is 7.63. The summed E-state index contributed by atoms with van der Waals surface area (Å²) in [6, 6.07) is 6.64. The number of hydrogen-bond donors (Lipinski definition) is 3. The number of aryl methyl sites for hydroxylation is 1. The van der Waals surface area contributed by atoms with Crippen LogP contribution in [0, 0.1) is 0 Å². The molecule has 0 spiro atoms. The van der Waals surface area contributed by atoms with Gasteiger partial charge in [-0.2, -0.15) is 0 Å². The van der Waals surface area contributed by atoms with Gasteiger partial charge in [0.1, 0.15) is 5.75 Å². The van der Waals surface area contributed by atoms with Gasteiger partial charge in [0.2, 0.25) is 0 Å². The van der Waals surface area contributed by atoms with E-state index in [9.17, 15) is 9.59 Å². The quantitative estimate of drug-likeness (QED) is 0.679. The van der Waals surface area contributed by atoms with Crippen LogP contribution in [0.5, 0.6) is 5.75 Å². The molecule has 0 amide bonds. The Morgan fingerprint density at radius 2 is 1.89 bits per heavy atom. The van der Waals surface area contributed by atoms with Gasteiger partial charge in [-0.1, -0.05) is 6.42 Å². The van der Waals surface area contributed by atoms with Crippen molar-refractivity contribution in [3.63, 3.8) is 0 Å². The number of methoxy groups -OCH3 is 1. The second kappa shape index (κ2) is 9.94. The lowest BCUT2D eigenvalue weighted by atomic mass is 10.0. The largest absolute Gasteiger partial charge is 0.497 e. The fourth-order valence-electron chi connectivity index (χ4n) is 3.56. The maximum atomic E-state index is 9.55. The van der Waals surface area contributed by atoms with Gasteiger partial charge in [-0.15, -0.1) is 0 Å². The molecule has 0 bridgehead atoms. The lowest BCUT2D eigenvalue weighted by Crippen LogP contribution is -2.18. The van der Waals surface area contributed by atoms with Crippen LogP contribution in [0.15, 0.2) is 30.4 Å². The molecule has 4 N–H and O–H groups in total. The van der Waals surface area contributed by atoms with E-state index in [2.05, 4.69) is 29.7 Å². The summed E-state index contributed by atoms with van der Waals surface area (Å²) in [6.07, 6.45) is 7.15. The molecule has 7 heteroatoms. The van der Waals surface area contributed by atoms with E-state index in [-0.39, 0.29) is 6.04 Å². The van der Waals surface area contributed by atoms with Crippen molar-refractivity contribution in [2.45, 2.75) is 51.6 Å². The zero-order chi connectivity index (χ0) is 20.7. The molecule has 0 saturated carbocycles. The highest BCUT2D eigenvalue weighted by molar-refractivity contribution is 5.89. The molecular formula is C21H28N2O5. The summed E-state index contributed by atoms with van der Waals surface area (Å²) in [6.45, 7) is 3.23. The Labute approximate surface area is 164 Å². The van der Waals surface area contributed by atoms with Crippen molar-refractivity contribution in [3.05, 3.63) is 41.6 Å². The van der Waals surface area contributed by atoms with E-state index >= 15 is 0 Å². The first-order chi connectivity index (χ1) is 13.3. The predicted octanol–water partition coefficient (Wildman–Crippen LogP) is 2.98. The summed E-state index contributed by atoms with van der Waals surface area (Å²) in [5, 5.41) is 17.0. The summed E-state index contributed by atoms with van der Waals surface area (Å²) < 4.78 is 7.91. The van der Waals surface area contributed by atoms with Gasteiger partial charge < -0.3 is 25.3 Å². The van der Waals surface area contributed by atoms with Crippen LogP contribution in [0.3, 0.4) is 0 Å². The zero-order valence-corrected chi connectivity index (χ0v) is 16.4. The highest BCUT2D eigenvalue weighted by Gasteiger charge is 2.19. The summed E-state index contributed by atoms with van der Waals surface area (Å²) >= 11 is 0. The number of nitrogens with two attached hydrogens (primary N) is 1. The maximum Gasteiger partial charge on any atom is 0.328 e. The van der Waals surface area contributed by atoms with Gasteiger partial charge in [-0.25, -0.2) is 9.59 Å². The van der Waals surface area contributed by atoms with Crippen LogP contribution >= 0.6 is 0 Å². The average Bonchev–Trinajstić information content (AvgIpc) is 2.79. The summed E-state index contributed by atoms with van der Waals surface area (Å²) in [5.41, 5.74) is 10.4. The number of fused-ring (bicyclic) bond motifs is 3. The normalized spacial score (nSPS) is 14.7. The molecule has 1 unspecified atom stereocenters. The molecule has 1 aromatic carbocycles. The molecule has 28 heavy (non-hydrogen) atoms. The fraction of sp³-hybridized carbons (Fsp3) is 0.429. The van der Waals surface area contributed by atoms with E-state index in [1.807, 2.05) is 0 Å². The third kappa shape index (κ3) is 5.60. The average molecular weight is 388 g/mol. The first-order valence-electron chi connectivity index (χ1n) is 9.41. The Balaban J connectivity index is 0.000000300. The van der Waals surface area contributed by atoms with Gasteiger partial charge in [0, 0.05) is 41.3 Å². The van der Waals surface area contributed by atoms with E-state index in [4.69, 9.17) is 20.7 Å². The number of aromatic nitrogens is 1. The summed E-state index contributed by atoms with van der Waals surface area (Å²) in [7, 11) is 1.73. The van der Waals surface area contributed by atoms with Gasteiger partial charge in [0.15, 0.2) is 0 Å². The van der Waals surface area contributed by atoms with E-state index in [0.717, 1.165) is 18.7 Å². The smallest absolute Gasteiger partial charge is 0.328 e. The standard InChI is InChI=1S/C17H24N2O.C4H4O4/c1-12(18)10-14-15-11-13(20-2)7-8-17(15)19-9-5-3-4-6-16(14)19;5-3(6)1-2-4(7)8/h7-8,11-12H,3-6,9-10,18H2,1-2H3;1-2H,(H,5,6)(H,7,8). The molecular weight excluding hydrogens is 360 g/mol. The first kappa shape index (κ1) is 21.5. The molecule has 2 heterocycles. The summed E-state index contributed by atoms with van der Waals surface area (Å²) in [5.74, 6) is -1.58. The number of carboxylic acids is 2. The number of carboxylic acid groups (broad SMARTS) is 2. The summed E-state index contributed by atoms with van der Waals surface area (Å²) in [4.78, 5) is 19.1. The molecule has 1 atom stereocenters. The predicted molar refractivity (Wildman–Crippen MR) is 108 cm³/mol. The van der Waals surface area contributed by atoms with Crippen LogP contribution in [0.1, 0.15) is 37.4 Å². The Bertz CT molecular complexity index is 851. The minimum absolute atomic E-state index is 0.194.